The summed E-state index contributed by atoms with van der Waals surface area (Å²) in [6.07, 6.45) is 5.41. The Morgan fingerprint density at radius 1 is 1.20 bits per heavy atom. The predicted molar refractivity (Wildman–Crippen MR) is 80.5 cm³/mol. The van der Waals surface area contributed by atoms with Crippen molar-refractivity contribution in [1.82, 2.24) is 0 Å². The molecule has 0 aromatic heterocycles. The Balaban J connectivity index is 2.22. The summed E-state index contributed by atoms with van der Waals surface area (Å²) < 4.78 is 5.57. The third-order valence-corrected chi connectivity index (χ3v) is 2.99. The zero-order valence-electron chi connectivity index (χ0n) is 12.1. The fourth-order valence-corrected chi connectivity index (χ4v) is 1.66. The van der Waals surface area contributed by atoms with Gasteiger partial charge < -0.3 is 9.84 Å². The number of ether oxygens (including phenoxy) is 1. The molecule has 0 atom stereocenters. The predicted octanol–water partition coefficient (Wildman–Crippen LogP) is 3.96. The largest absolute Gasteiger partial charge is 0.478 e. The number of allylic oxidation sites excluding steroid dienone is 2. The molecule has 1 aromatic rings. The molecule has 1 aromatic carbocycles. The second-order valence-corrected chi connectivity index (χ2v) is 4.78. The Bertz CT molecular complexity index is 472. The highest BCUT2D eigenvalue weighted by molar-refractivity contribution is 5.85. The maximum absolute atomic E-state index is 10.6. The summed E-state index contributed by atoms with van der Waals surface area (Å²) in [4.78, 5) is 10.6. The molecule has 0 radical (unpaired) electrons. The van der Waals surface area contributed by atoms with E-state index in [0.717, 1.165) is 12.8 Å². The molecule has 3 heteroatoms. The van der Waals surface area contributed by atoms with Crippen molar-refractivity contribution < 1.29 is 14.6 Å². The Morgan fingerprint density at radius 2 is 1.90 bits per heavy atom. The van der Waals surface area contributed by atoms with Gasteiger partial charge in [0.1, 0.15) is 0 Å². The van der Waals surface area contributed by atoms with Gasteiger partial charge in [0.15, 0.2) is 0 Å². The van der Waals surface area contributed by atoms with Crippen LogP contribution in [0.15, 0.2) is 53.6 Å². The van der Waals surface area contributed by atoms with Gasteiger partial charge in [-0.2, -0.15) is 0 Å². The lowest BCUT2D eigenvalue weighted by Gasteiger charge is -2.03. The van der Waals surface area contributed by atoms with E-state index < -0.39 is 5.97 Å². The van der Waals surface area contributed by atoms with Gasteiger partial charge in [-0.25, -0.2) is 4.79 Å². The van der Waals surface area contributed by atoms with E-state index in [2.05, 4.69) is 0 Å². The second-order valence-electron chi connectivity index (χ2n) is 4.78. The molecule has 0 amide bonds. The van der Waals surface area contributed by atoms with Gasteiger partial charge in [0.25, 0.3) is 0 Å². The first kappa shape index (κ1) is 16.2. The lowest BCUT2D eigenvalue weighted by molar-refractivity contribution is -0.132. The quantitative estimate of drug-likeness (QED) is 0.443. The summed E-state index contributed by atoms with van der Waals surface area (Å²) in [5, 5.41) is 8.73. The van der Waals surface area contributed by atoms with Crippen LogP contribution in [0.3, 0.4) is 0 Å². The lowest BCUT2D eigenvalue weighted by Crippen LogP contribution is -1.96. The fourth-order valence-electron chi connectivity index (χ4n) is 1.66. The zero-order chi connectivity index (χ0) is 14.8. The Morgan fingerprint density at radius 3 is 2.55 bits per heavy atom. The maximum atomic E-state index is 10.6. The minimum absolute atomic E-state index is 0.401. The van der Waals surface area contributed by atoms with Crippen LogP contribution < -0.4 is 0 Å². The topological polar surface area (TPSA) is 46.5 Å². The maximum Gasteiger partial charge on any atom is 0.330 e. The van der Waals surface area contributed by atoms with Gasteiger partial charge in [0.2, 0.25) is 0 Å². The van der Waals surface area contributed by atoms with Gasteiger partial charge in [-0.3, -0.25) is 0 Å². The molecular formula is C17H22O3. The van der Waals surface area contributed by atoms with Crippen molar-refractivity contribution in [2.24, 2.45) is 0 Å². The van der Waals surface area contributed by atoms with Crippen LogP contribution in [0.1, 0.15) is 32.3 Å². The van der Waals surface area contributed by atoms with Gasteiger partial charge in [-0.1, -0.05) is 48.1 Å². The zero-order valence-corrected chi connectivity index (χ0v) is 12.1. The van der Waals surface area contributed by atoms with E-state index in [9.17, 15) is 4.79 Å². The first-order chi connectivity index (χ1) is 9.59. The van der Waals surface area contributed by atoms with Gasteiger partial charge in [-0.15, -0.1) is 0 Å². The molecule has 0 aliphatic heterocycles. The number of carbonyl (C=O) groups is 1. The Kier molecular flexibility index (Phi) is 7.36. The fraction of sp³-hybridized carbons (Fsp3) is 0.353. The molecule has 0 heterocycles. The summed E-state index contributed by atoms with van der Waals surface area (Å²) in [7, 11) is 0. The van der Waals surface area contributed by atoms with Crippen molar-refractivity contribution >= 4 is 5.97 Å². The van der Waals surface area contributed by atoms with Crippen molar-refractivity contribution in [2.75, 3.05) is 6.61 Å². The normalized spacial score (nSPS) is 12.5. The first-order valence-corrected chi connectivity index (χ1v) is 6.77. The average Bonchev–Trinajstić information content (AvgIpc) is 2.44. The molecule has 108 valence electrons. The van der Waals surface area contributed by atoms with E-state index in [0.29, 0.717) is 18.8 Å². The average molecular weight is 274 g/mol. The van der Waals surface area contributed by atoms with Gasteiger partial charge >= 0.3 is 5.97 Å². The van der Waals surface area contributed by atoms with Crippen molar-refractivity contribution in [3.8, 4) is 0 Å². The number of aliphatic carboxylic acids is 1. The van der Waals surface area contributed by atoms with E-state index >= 15 is 0 Å². The molecule has 0 spiro atoms. The molecule has 0 saturated heterocycles. The highest BCUT2D eigenvalue weighted by atomic mass is 16.5. The third-order valence-electron chi connectivity index (χ3n) is 2.99. The highest BCUT2D eigenvalue weighted by Crippen LogP contribution is 2.07. The summed E-state index contributed by atoms with van der Waals surface area (Å²) in [5.74, 6) is -0.849. The molecule has 3 nitrogen and oxygen atoms in total. The van der Waals surface area contributed by atoms with E-state index in [1.807, 2.05) is 43.3 Å². The summed E-state index contributed by atoms with van der Waals surface area (Å²) in [6.45, 7) is 4.85. The van der Waals surface area contributed by atoms with Crippen molar-refractivity contribution in [3.63, 3.8) is 0 Å². The molecule has 20 heavy (non-hydrogen) atoms. The van der Waals surface area contributed by atoms with Crippen LogP contribution in [-0.4, -0.2) is 17.7 Å². The van der Waals surface area contributed by atoms with E-state index in [4.69, 9.17) is 9.84 Å². The van der Waals surface area contributed by atoms with Crippen LogP contribution in [0.25, 0.3) is 0 Å². The Labute approximate surface area is 120 Å². The number of carboxylic acid groups (broad SMARTS) is 1. The number of hydrogen-bond acceptors (Lipinski definition) is 2. The number of benzene rings is 1. The third kappa shape index (κ3) is 6.90. The molecule has 0 aliphatic rings. The smallest absolute Gasteiger partial charge is 0.330 e. The molecule has 0 saturated carbocycles. The number of rotatable bonds is 8. The lowest BCUT2D eigenvalue weighted by atomic mass is 10.1. The van der Waals surface area contributed by atoms with Gasteiger partial charge in [-0.05, 0) is 32.3 Å². The second kappa shape index (κ2) is 9.10. The van der Waals surface area contributed by atoms with Crippen molar-refractivity contribution in [1.29, 1.82) is 0 Å². The van der Waals surface area contributed by atoms with E-state index in [1.54, 1.807) is 13.0 Å². The van der Waals surface area contributed by atoms with E-state index in [-0.39, 0.29) is 0 Å². The van der Waals surface area contributed by atoms with Gasteiger partial charge in [0, 0.05) is 5.57 Å². The molecule has 0 bridgehead atoms. The summed E-state index contributed by atoms with van der Waals surface area (Å²) >= 11 is 0. The Hall–Kier alpha value is -1.87. The summed E-state index contributed by atoms with van der Waals surface area (Å²) in [5.41, 5.74) is 2.78. The highest BCUT2D eigenvalue weighted by Gasteiger charge is 1.98. The van der Waals surface area contributed by atoms with Crippen LogP contribution in [0.2, 0.25) is 0 Å². The number of carboxylic acids is 1. The van der Waals surface area contributed by atoms with Crippen LogP contribution in [-0.2, 0) is 16.1 Å². The van der Waals surface area contributed by atoms with E-state index in [1.165, 1.54) is 11.1 Å². The van der Waals surface area contributed by atoms with Crippen molar-refractivity contribution in [3.05, 3.63) is 59.2 Å². The van der Waals surface area contributed by atoms with Crippen LogP contribution >= 0.6 is 0 Å². The van der Waals surface area contributed by atoms with Crippen LogP contribution in [0.4, 0.5) is 0 Å². The SMILES string of the molecule is C/C(=C\COCc1ccccc1)CC/C=C(\C)C(=O)O. The molecular weight excluding hydrogens is 252 g/mol. The molecule has 1 N–H and O–H groups in total. The van der Waals surface area contributed by atoms with Gasteiger partial charge in [0.05, 0.1) is 13.2 Å². The molecule has 0 fully saturated rings. The molecule has 1 rings (SSSR count). The van der Waals surface area contributed by atoms with Crippen LogP contribution in [0, 0.1) is 0 Å². The molecule has 0 aliphatic carbocycles. The van der Waals surface area contributed by atoms with Crippen molar-refractivity contribution in [2.45, 2.75) is 33.3 Å². The summed E-state index contributed by atoms with van der Waals surface area (Å²) in [6, 6.07) is 10.1. The minimum atomic E-state index is -0.849. The monoisotopic (exact) mass is 274 g/mol. The minimum Gasteiger partial charge on any atom is -0.478 e. The first-order valence-electron chi connectivity index (χ1n) is 6.77. The molecule has 0 unspecified atom stereocenters. The van der Waals surface area contributed by atoms with Crippen LogP contribution in [0.5, 0.6) is 0 Å². The number of hydrogen-bond donors (Lipinski definition) is 1. The standard InChI is InChI=1S/C17H22O3/c1-14(7-6-8-15(2)17(18)19)11-12-20-13-16-9-4-3-5-10-16/h3-5,8-11H,6-7,12-13H2,1-2H3,(H,18,19)/b14-11+,15-8+.